The average molecular weight is 387 g/mol. The van der Waals surface area contributed by atoms with Crippen LogP contribution in [0.2, 0.25) is 0 Å². The van der Waals surface area contributed by atoms with E-state index in [0.717, 1.165) is 30.3 Å². The maximum Gasteiger partial charge on any atom is 0.255 e. The molecule has 0 aliphatic carbocycles. The molecule has 1 heterocycles. The molecular weight excluding hydrogens is 362 g/mol. The summed E-state index contributed by atoms with van der Waals surface area (Å²) in [6.07, 6.45) is 0.999. The number of amides is 2. The Bertz CT molecular complexity index is 1040. The van der Waals surface area contributed by atoms with Crippen LogP contribution in [-0.2, 0) is 0 Å². The lowest BCUT2D eigenvalue weighted by atomic mass is 10.1. The van der Waals surface area contributed by atoms with E-state index < -0.39 is 0 Å². The van der Waals surface area contributed by atoms with Crippen molar-refractivity contribution in [3.05, 3.63) is 77.9 Å². The molecule has 0 saturated carbocycles. The quantitative estimate of drug-likeness (QED) is 0.739. The predicted octanol–water partition coefficient (Wildman–Crippen LogP) is 3.87. The molecule has 3 aromatic carbocycles. The molecule has 1 saturated heterocycles. The number of nitrogens with one attached hydrogen (secondary N) is 1. The van der Waals surface area contributed by atoms with Crippen LogP contribution >= 0.6 is 0 Å². The number of carbonyl (C=O) groups is 2. The summed E-state index contributed by atoms with van der Waals surface area (Å²) in [4.78, 5) is 29.4. The minimum absolute atomic E-state index is 0.0433. The van der Waals surface area contributed by atoms with Crippen molar-refractivity contribution in [2.75, 3.05) is 32.5 Å². The summed E-state index contributed by atoms with van der Waals surface area (Å²) in [5.74, 6) is -0.120. The third-order valence-electron chi connectivity index (χ3n) is 5.58. The molecule has 5 nitrogen and oxygen atoms in total. The highest BCUT2D eigenvalue weighted by atomic mass is 16.2. The third-order valence-corrected chi connectivity index (χ3v) is 5.58. The Labute approximate surface area is 170 Å². The van der Waals surface area contributed by atoms with Crippen LogP contribution in [0.4, 0.5) is 5.69 Å². The first-order valence-corrected chi connectivity index (χ1v) is 9.87. The molecule has 0 radical (unpaired) electrons. The highest BCUT2D eigenvalue weighted by molar-refractivity contribution is 6.06. The largest absolute Gasteiger partial charge is 0.337 e. The Kier molecular flexibility index (Phi) is 5.32. The molecule has 29 heavy (non-hydrogen) atoms. The summed E-state index contributed by atoms with van der Waals surface area (Å²) in [7, 11) is 4.09. The van der Waals surface area contributed by atoms with Crippen molar-refractivity contribution < 1.29 is 9.59 Å². The Morgan fingerprint density at radius 1 is 0.931 bits per heavy atom. The van der Waals surface area contributed by atoms with Gasteiger partial charge in [-0.25, -0.2) is 0 Å². The molecule has 1 N–H and O–H groups in total. The second-order valence-corrected chi connectivity index (χ2v) is 7.75. The van der Waals surface area contributed by atoms with Gasteiger partial charge in [-0.2, -0.15) is 0 Å². The summed E-state index contributed by atoms with van der Waals surface area (Å²) in [5, 5.41) is 5.04. The normalized spacial score (nSPS) is 16.4. The number of fused-ring (bicyclic) bond motifs is 1. The highest BCUT2D eigenvalue weighted by Crippen LogP contribution is 2.19. The molecule has 0 aromatic heterocycles. The molecule has 4 rings (SSSR count). The molecular formula is C24H25N3O2. The van der Waals surface area contributed by atoms with E-state index in [9.17, 15) is 9.59 Å². The zero-order valence-electron chi connectivity index (χ0n) is 16.8. The number of likely N-dealkylation sites (tertiary alicyclic amines) is 1. The average Bonchev–Trinajstić information content (AvgIpc) is 3.24. The number of hydrogen-bond donors (Lipinski definition) is 1. The van der Waals surface area contributed by atoms with E-state index >= 15 is 0 Å². The first-order chi connectivity index (χ1) is 14.0. The number of carbonyl (C=O) groups excluding carboxylic acids is 2. The predicted molar refractivity (Wildman–Crippen MR) is 116 cm³/mol. The van der Waals surface area contributed by atoms with Gasteiger partial charge < -0.3 is 15.1 Å². The zero-order valence-corrected chi connectivity index (χ0v) is 16.8. The van der Waals surface area contributed by atoms with Gasteiger partial charge in [0.25, 0.3) is 11.8 Å². The van der Waals surface area contributed by atoms with Crippen LogP contribution in [-0.4, -0.2) is 54.8 Å². The van der Waals surface area contributed by atoms with Gasteiger partial charge >= 0.3 is 0 Å². The third kappa shape index (κ3) is 4.15. The van der Waals surface area contributed by atoms with E-state index in [1.165, 1.54) is 0 Å². The van der Waals surface area contributed by atoms with Crippen LogP contribution in [0, 0.1) is 0 Å². The number of anilines is 1. The van der Waals surface area contributed by atoms with Crippen LogP contribution in [0.5, 0.6) is 0 Å². The van der Waals surface area contributed by atoms with Gasteiger partial charge in [-0.05, 0) is 67.7 Å². The molecule has 1 unspecified atom stereocenters. The second-order valence-electron chi connectivity index (χ2n) is 7.75. The smallest absolute Gasteiger partial charge is 0.255 e. The molecule has 1 fully saturated rings. The summed E-state index contributed by atoms with van der Waals surface area (Å²) in [5.41, 5.74) is 1.93. The van der Waals surface area contributed by atoms with E-state index in [2.05, 4.69) is 10.2 Å². The van der Waals surface area contributed by atoms with Crippen LogP contribution in [0.25, 0.3) is 10.8 Å². The first-order valence-electron chi connectivity index (χ1n) is 9.87. The van der Waals surface area contributed by atoms with Crippen molar-refractivity contribution in [3.63, 3.8) is 0 Å². The van der Waals surface area contributed by atoms with Crippen LogP contribution in [0.3, 0.4) is 0 Å². The monoisotopic (exact) mass is 387 g/mol. The summed E-state index contributed by atoms with van der Waals surface area (Å²) in [6.45, 7) is 1.54. The standard InChI is InChI=1S/C24H25N3O2/c1-26(2)22-13-14-27(16-22)24(29)18-9-11-21(12-10-18)25-23(28)20-8-7-17-5-3-4-6-19(17)15-20/h3-12,15,22H,13-14,16H2,1-2H3,(H,25,28). The summed E-state index contributed by atoms with van der Waals surface area (Å²) >= 11 is 0. The number of rotatable bonds is 4. The van der Waals surface area contributed by atoms with Gasteiger partial charge in [0.2, 0.25) is 0 Å². The minimum atomic E-state index is -0.164. The van der Waals surface area contributed by atoms with Crippen molar-refractivity contribution in [2.24, 2.45) is 0 Å². The molecule has 3 aromatic rings. The van der Waals surface area contributed by atoms with Crippen molar-refractivity contribution in [2.45, 2.75) is 12.5 Å². The van der Waals surface area contributed by atoms with E-state index in [4.69, 9.17) is 0 Å². The molecule has 1 atom stereocenters. The van der Waals surface area contributed by atoms with Crippen LogP contribution in [0.15, 0.2) is 66.7 Å². The fourth-order valence-electron chi connectivity index (χ4n) is 3.76. The first kappa shape index (κ1) is 19.2. The van der Waals surface area contributed by atoms with Gasteiger partial charge in [-0.1, -0.05) is 30.3 Å². The number of likely N-dealkylation sites (N-methyl/N-ethyl adjacent to an activating group) is 1. The molecule has 2 amide bonds. The van der Waals surface area contributed by atoms with Crippen LogP contribution in [0.1, 0.15) is 27.1 Å². The Balaban J connectivity index is 1.42. The van der Waals surface area contributed by atoms with Crippen molar-refractivity contribution in [1.82, 2.24) is 9.80 Å². The number of nitrogens with zero attached hydrogens (tertiary/aromatic N) is 2. The Hall–Kier alpha value is -3.18. The van der Waals surface area contributed by atoms with Gasteiger partial charge in [-0.15, -0.1) is 0 Å². The lowest BCUT2D eigenvalue weighted by Crippen LogP contribution is -2.34. The van der Waals surface area contributed by atoms with Crippen molar-refractivity contribution in [3.8, 4) is 0 Å². The highest BCUT2D eigenvalue weighted by Gasteiger charge is 2.27. The lowest BCUT2D eigenvalue weighted by Gasteiger charge is -2.20. The SMILES string of the molecule is CN(C)C1CCN(C(=O)c2ccc(NC(=O)c3ccc4ccccc4c3)cc2)C1. The molecule has 5 heteroatoms. The fraction of sp³-hybridized carbons (Fsp3) is 0.250. The molecule has 1 aliphatic heterocycles. The minimum Gasteiger partial charge on any atom is -0.337 e. The van der Waals surface area contributed by atoms with Gasteiger partial charge in [0.15, 0.2) is 0 Å². The van der Waals surface area contributed by atoms with Crippen molar-refractivity contribution >= 4 is 28.3 Å². The second kappa shape index (κ2) is 8.05. The topological polar surface area (TPSA) is 52.6 Å². The Morgan fingerprint density at radius 2 is 1.62 bits per heavy atom. The van der Waals surface area contributed by atoms with Gasteiger partial charge in [0.05, 0.1) is 0 Å². The van der Waals surface area contributed by atoms with Crippen LogP contribution < -0.4 is 5.32 Å². The van der Waals surface area contributed by atoms with E-state index in [1.807, 2.05) is 61.5 Å². The van der Waals surface area contributed by atoms with Gasteiger partial charge in [-0.3, -0.25) is 9.59 Å². The Morgan fingerprint density at radius 3 is 2.31 bits per heavy atom. The lowest BCUT2D eigenvalue weighted by molar-refractivity contribution is 0.0783. The molecule has 0 bridgehead atoms. The van der Waals surface area contributed by atoms with E-state index in [1.54, 1.807) is 24.3 Å². The van der Waals surface area contributed by atoms with E-state index in [0.29, 0.717) is 22.9 Å². The number of hydrogen-bond acceptors (Lipinski definition) is 3. The maximum absolute atomic E-state index is 12.7. The molecule has 148 valence electrons. The number of benzene rings is 3. The van der Waals surface area contributed by atoms with Gasteiger partial charge in [0, 0.05) is 35.9 Å². The van der Waals surface area contributed by atoms with Crippen molar-refractivity contribution in [1.29, 1.82) is 0 Å². The maximum atomic E-state index is 12.7. The van der Waals surface area contributed by atoms with E-state index in [-0.39, 0.29) is 11.8 Å². The molecule has 0 spiro atoms. The fourth-order valence-corrected chi connectivity index (χ4v) is 3.76. The van der Waals surface area contributed by atoms with Gasteiger partial charge in [0.1, 0.15) is 0 Å². The summed E-state index contributed by atoms with van der Waals surface area (Å²) in [6, 6.07) is 21.2. The molecule has 1 aliphatic rings. The summed E-state index contributed by atoms with van der Waals surface area (Å²) < 4.78 is 0. The zero-order chi connectivity index (χ0) is 20.4.